The van der Waals surface area contributed by atoms with Crippen molar-refractivity contribution in [1.29, 1.82) is 0 Å². The normalized spacial score (nSPS) is 10.5. The molecule has 148 valence electrons. The molecule has 0 bridgehead atoms. The third-order valence-corrected chi connectivity index (χ3v) is 4.75. The van der Waals surface area contributed by atoms with Crippen LogP contribution < -0.4 is 9.47 Å². The molecule has 4 aromatic rings. The summed E-state index contributed by atoms with van der Waals surface area (Å²) in [6.45, 7) is 4.04. The molecule has 0 aromatic heterocycles. The summed E-state index contributed by atoms with van der Waals surface area (Å²) in [4.78, 5) is 12.6. The molecular weight excluding hydrogens is 372 g/mol. The molecule has 0 N–H and O–H groups in total. The summed E-state index contributed by atoms with van der Waals surface area (Å²) >= 11 is 0. The molecule has 3 nitrogen and oxygen atoms in total. The van der Waals surface area contributed by atoms with Crippen LogP contribution in [0.15, 0.2) is 97.1 Å². The summed E-state index contributed by atoms with van der Waals surface area (Å²) in [6, 6.07) is 30.1. The van der Waals surface area contributed by atoms with Crippen LogP contribution in [-0.4, -0.2) is 5.78 Å². The summed E-state index contributed by atoms with van der Waals surface area (Å²) in [6.07, 6.45) is 0. The maximum atomic E-state index is 12.6. The summed E-state index contributed by atoms with van der Waals surface area (Å²) in [5.41, 5.74) is 3.63. The lowest BCUT2D eigenvalue weighted by molar-refractivity contribution is 0.103. The first-order chi connectivity index (χ1) is 14.6. The number of ether oxygens (including phenoxy) is 2. The van der Waals surface area contributed by atoms with Crippen LogP contribution in [0.25, 0.3) is 0 Å². The Morgan fingerprint density at radius 2 is 0.733 bits per heavy atom. The largest absolute Gasteiger partial charge is 0.457 e. The van der Waals surface area contributed by atoms with E-state index in [-0.39, 0.29) is 5.78 Å². The van der Waals surface area contributed by atoms with Gasteiger partial charge in [-0.3, -0.25) is 4.79 Å². The number of hydrogen-bond acceptors (Lipinski definition) is 3. The van der Waals surface area contributed by atoms with Crippen LogP contribution in [0, 0.1) is 13.8 Å². The quantitative estimate of drug-likeness (QED) is 0.327. The minimum atomic E-state index is -0.000780. The summed E-state index contributed by atoms with van der Waals surface area (Å²) in [7, 11) is 0. The fourth-order valence-electron chi connectivity index (χ4n) is 3.00. The van der Waals surface area contributed by atoms with Crippen LogP contribution in [-0.2, 0) is 0 Å². The van der Waals surface area contributed by atoms with Crippen molar-refractivity contribution in [1.82, 2.24) is 0 Å². The number of hydrogen-bond donors (Lipinski definition) is 0. The molecule has 4 aromatic carbocycles. The SMILES string of the molecule is Cc1ccc(Oc2ccc(Oc3ccc(C(=O)c4ccc(C)cc4)cc3)cc2)cc1. The Morgan fingerprint density at radius 3 is 1.13 bits per heavy atom. The lowest BCUT2D eigenvalue weighted by atomic mass is 10.0. The highest BCUT2D eigenvalue weighted by Crippen LogP contribution is 2.27. The Hall–Kier alpha value is -3.85. The van der Waals surface area contributed by atoms with Gasteiger partial charge in [0, 0.05) is 11.1 Å². The Bertz CT molecular complexity index is 1120. The molecule has 0 atom stereocenters. The maximum absolute atomic E-state index is 12.6. The Labute approximate surface area is 176 Å². The Balaban J connectivity index is 1.40. The fraction of sp³-hybridized carbons (Fsp3) is 0.0741. The van der Waals surface area contributed by atoms with E-state index in [0.29, 0.717) is 22.6 Å². The number of rotatable bonds is 6. The van der Waals surface area contributed by atoms with Gasteiger partial charge in [-0.1, -0.05) is 47.5 Å². The number of carbonyl (C=O) groups is 1. The van der Waals surface area contributed by atoms with E-state index < -0.39 is 0 Å². The average Bonchev–Trinajstić information content (AvgIpc) is 2.77. The smallest absolute Gasteiger partial charge is 0.193 e. The molecule has 0 radical (unpaired) electrons. The van der Waals surface area contributed by atoms with E-state index in [4.69, 9.17) is 9.47 Å². The van der Waals surface area contributed by atoms with Crippen molar-refractivity contribution in [2.75, 3.05) is 0 Å². The van der Waals surface area contributed by atoms with Crippen molar-refractivity contribution < 1.29 is 14.3 Å². The third kappa shape index (κ3) is 4.76. The highest BCUT2D eigenvalue weighted by molar-refractivity contribution is 6.09. The molecular formula is C27H22O3. The van der Waals surface area contributed by atoms with Gasteiger partial charge in [-0.2, -0.15) is 0 Å². The molecule has 0 aliphatic rings. The van der Waals surface area contributed by atoms with E-state index in [1.165, 1.54) is 5.56 Å². The van der Waals surface area contributed by atoms with Crippen LogP contribution in [0.2, 0.25) is 0 Å². The van der Waals surface area contributed by atoms with Crippen LogP contribution >= 0.6 is 0 Å². The zero-order valence-corrected chi connectivity index (χ0v) is 17.0. The van der Waals surface area contributed by atoms with Crippen molar-refractivity contribution in [3.8, 4) is 23.0 Å². The number of benzene rings is 4. The second-order valence-electron chi connectivity index (χ2n) is 7.21. The van der Waals surface area contributed by atoms with Crippen LogP contribution in [0.4, 0.5) is 0 Å². The molecule has 3 heteroatoms. The second-order valence-corrected chi connectivity index (χ2v) is 7.21. The molecule has 0 spiro atoms. The van der Waals surface area contributed by atoms with Crippen molar-refractivity contribution in [3.63, 3.8) is 0 Å². The molecule has 0 unspecified atom stereocenters. The highest BCUT2D eigenvalue weighted by atomic mass is 16.5. The lowest BCUT2D eigenvalue weighted by Crippen LogP contribution is -2.00. The number of aryl methyl sites for hydroxylation is 2. The first kappa shape index (κ1) is 19.5. The zero-order chi connectivity index (χ0) is 20.9. The minimum absolute atomic E-state index is 0.000780. The molecule has 0 heterocycles. The van der Waals surface area contributed by atoms with Gasteiger partial charge in [-0.15, -0.1) is 0 Å². The lowest BCUT2D eigenvalue weighted by Gasteiger charge is -2.09. The first-order valence-corrected chi connectivity index (χ1v) is 9.81. The van der Waals surface area contributed by atoms with E-state index >= 15 is 0 Å². The highest BCUT2D eigenvalue weighted by Gasteiger charge is 2.09. The van der Waals surface area contributed by atoms with E-state index in [0.717, 1.165) is 17.1 Å². The van der Waals surface area contributed by atoms with Crippen LogP contribution in [0.5, 0.6) is 23.0 Å². The topological polar surface area (TPSA) is 35.5 Å². The fourth-order valence-corrected chi connectivity index (χ4v) is 3.00. The molecule has 4 rings (SSSR count). The summed E-state index contributed by atoms with van der Waals surface area (Å²) in [5, 5.41) is 0. The molecule has 0 fully saturated rings. The minimum Gasteiger partial charge on any atom is -0.457 e. The van der Waals surface area contributed by atoms with Gasteiger partial charge >= 0.3 is 0 Å². The van der Waals surface area contributed by atoms with E-state index in [1.54, 1.807) is 24.3 Å². The number of carbonyl (C=O) groups excluding carboxylic acids is 1. The van der Waals surface area contributed by atoms with Crippen LogP contribution in [0.1, 0.15) is 27.0 Å². The van der Waals surface area contributed by atoms with Gasteiger partial charge in [0.2, 0.25) is 0 Å². The van der Waals surface area contributed by atoms with Gasteiger partial charge in [0.15, 0.2) is 5.78 Å². The molecule has 0 aliphatic heterocycles. The molecule has 0 saturated heterocycles. The summed E-state index contributed by atoms with van der Waals surface area (Å²) < 4.78 is 11.7. The van der Waals surface area contributed by atoms with Gasteiger partial charge in [-0.05, 0) is 74.5 Å². The Morgan fingerprint density at radius 1 is 0.467 bits per heavy atom. The predicted octanol–water partition coefficient (Wildman–Crippen LogP) is 7.12. The van der Waals surface area contributed by atoms with Gasteiger partial charge in [0.25, 0.3) is 0 Å². The monoisotopic (exact) mass is 394 g/mol. The second kappa shape index (κ2) is 8.66. The van der Waals surface area contributed by atoms with Crippen molar-refractivity contribution in [2.45, 2.75) is 13.8 Å². The van der Waals surface area contributed by atoms with Crippen molar-refractivity contribution in [2.24, 2.45) is 0 Å². The van der Waals surface area contributed by atoms with Crippen molar-refractivity contribution in [3.05, 3.63) is 119 Å². The number of ketones is 1. The van der Waals surface area contributed by atoms with Crippen LogP contribution in [0.3, 0.4) is 0 Å². The average molecular weight is 394 g/mol. The van der Waals surface area contributed by atoms with Gasteiger partial charge in [0.1, 0.15) is 23.0 Å². The van der Waals surface area contributed by atoms with Crippen molar-refractivity contribution >= 4 is 5.78 Å². The predicted molar refractivity (Wildman–Crippen MR) is 119 cm³/mol. The van der Waals surface area contributed by atoms with Gasteiger partial charge < -0.3 is 9.47 Å². The summed E-state index contributed by atoms with van der Waals surface area (Å²) in [5.74, 6) is 2.90. The molecule has 0 saturated carbocycles. The molecule has 30 heavy (non-hydrogen) atoms. The van der Waals surface area contributed by atoms with E-state index in [9.17, 15) is 4.79 Å². The first-order valence-electron chi connectivity index (χ1n) is 9.81. The maximum Gasteiger partial charge on any atom is 0.193 e. The van der Waals surface area contributed by atoms with E-state index in [1.807, 2.05) is 86.6 Å². The van der Waals surface area contributed by atoms with Gasteiger partial charge in [0.05, 0.1) is 0 Å². The standard InChI is InChI=1S/C27H22O3/c1-19-3-7-21(8-4-19)27(28)22-9-13-24(14-10-22)30-26-17-15-25(16-18-26)29-23-11-5-20(2)6-12-23/h3-18H,1-2H3. The molecule has 0 amide bonds. The Kier molecular flexibility index (Phi) is 5.62. The molecule has 0 aliphatic carbocycles. The van der Waals surface area contributed by atoms with Gasteiger partial charge in [-0.25, -0.2) is 0 Å². The zero-order valence-electron chi connectivity index (χ0n) is 17.0. The van der Waals surface area contributed by atoms with E-state index in [2.05, 4.69) is 0 Å². The third-order valence-electron chi connectivity index (χ3n) is 4.75.